The van der Waals surface area contributed by atoms with E-state index in [-0.39, 0.29) is 21.8 Å². The second-order valence-corrected chi connectivity index (χ2v) is 5.26. The van der Waals surface area contributed by atoms with Crippen LogP contribution in [0.2, 0.25) is 0 Å². The van der Waals surface area contributed by atoms with E-state index in [0.717, 1.165) is 23.5 Å². The fraction of sp³-hybridized carbons (Fsp3) is 0.143. The molecule has 0 aliphatic rings. The van der Waals surface area contributed by atoms with Crippen LogP contribution in [0.3, 0.4) is 0 Å². The number of halogens is 1. The van der Waals surface area contributed by atoms with Gasteiger partial charge in [-0.1, -0.05) is 0 Å². The van der Waals surface area contributed by atoms with E-state index in [1.807, 2.05) is 6.07 Å². The largest absolute Gasteiger partial charge is 0.465 e. The Bertz CT molecular complexity index is 828. The number of benzene rings is 1. The van der Waals surface area contributed by atoms with Gasteiger partial charge in [0.2, 0.25) is 0 Å². The summed E-state index contributed by atoms with van der Waals surface area (Å²) in [5, 5.41) is 21.8. The Morgan fingerprint density at radius 1 is 1.52 bits per heavy atom. The second kappa shape index (κ2) is 6.41. The standard InChI is InChI=1S/C14H10FN3O4S/c1-17(10-4-3-9(15)5-11(10)18(20)21)12-8(6-16)7-23-13(12)14(19)22-2/h3-5,7H,1-2H3. The number of rotatable bonds is 4. The van der Waals surface area contributed by atoms with Gasteiger partial charge in [-0.15, -0.1) is 11.3 Å². The van der Waals surface area contributed by atoms with E-state index in [1.54, 1.807) is 0 Å². The summed E-state index contributed by atoms with van der Waals surface area (Å²) in [7, 11) is 2.65. The number of nitriles is 1. The summed E-state index contributed by atoms with van der Waals surface area (Å²) in [4.78, 5) is 23.7. The highest BCUT2D eigenvalue weighted by atomic mass is 32.1. The molecule has 0 radical (unpaired) electrons. The molecule has 0 unspecified atom stereocenters. The summed E-state index contributed by atoms with van der Waals surface area (Å²) < 4.78 is 17.9. The first-order valence-electron chi connectivity index (χ1n) is 6.18. The quantitative estimate of drug-likeness (QED) is 0.483. The van der Waals surface area contributed by atoms with Crippen LogP contribution < -0.4 is 4.90 Å². The molecule has 0 N–H and O–H groups in total. The van der Waals surface area contributed by atoms with Gasteiger partial charge in [0.1, 0.15) is 22.5 Å². The summed E-state index contributed by atoms with van der Waals surface area (Å²) in [6.45, 7) is 0. The molecule has 1 heterocycles. The SMILES string of the molecule is COC(=O)c1scc(C#N)c1N(C)c1ccc(F)cc1[N+](=O)[O-]. The highest BCUT2D eigenvalue weighted by Crippen LogP contribution is 2.39. The van der Waals surface area contributed by atoms with Crippen molar-refractivity contribution in [2.45, 2.75) is 0 Å². The molecule has 0 bridgehead atoms. The zero-order chi connectivity index (χ0) is 17.1. The number of methoxy groups -OCH3 is 1. The van der Waals surface area contributed by atoms with Crippen LogP contribution in [0.1, 0.15) is 15.2 Å². The Morgan fingerprint density at radius 3 is 2.78 bits per heavy atom. The van der Waals surface area contributed by atoms with Gasteiger partial charge in [0.15, 0.2) is 0 Å². The van der Waals surface area contributed by atoms with Gasteiger partial charge in [-0.05, 0) is 12.1 Å². The normalized spacial score (nSPS) is 10.0. The van der Waals surface area contributed by atoms with E-state index in [9.17, 15) is 24.6 Å². The Labute approximate surface area is 134 Å². The fourth-order valence-electron chi connectivity index (χ4n) is 2.05. The van der Waals surface area contributed by atoms with E-state index in [0.29, 0.717) is 0 Å². The van der Waals surface area contributed by atoms with Crippen molar-refractivity contribution in [1.82, 2.24) is 0 Å². The lowest BCUT2D eigenvalue weighted by atomic mass is 10.2. The molecule has 9 heteroatoms. The minimum atomic E-state index is -0.757. The molecule has 0 amide bonds. The molecule has 23 heavy (non-hydrogen) atoms. The van der Waals surface area contributed by atoms with Gasteiger partial charge >= 0.3 is 5.97 Å². The third kappa shape index (κ3) is 2.97. The zero-order valence-corrected chi connectivity index (χ0v) is 12.9. The fourth-order valence-corrected chi connectivity index (χ4v) is 2.99. The summed E-state index contributed by atoms with van der Waals surface area (Å²) >= 11 is 0.991. The van der Waals surface area contributed by atoms with E-state index in [2.05, 4.69) is 4.74 Å². The van der Waals surface area contributed by atoms with Crippen LogP contribution in [0, 0.1) is 27.3 Å². The number of hydrogen-bond donors (Lipinski definition) is 0. The van der Waals surface area contributed by atoms with Crippen LogP contribution in [0.5, 0.6) is 0 Å². The van der Waals surface area contributed by atoms with Gasteiger partial charge in [0.05, 0.1) is 29.4 Å². The predicted octanol–water partition coefficient (Wildman–Crippen LogP) is 3.22. The number of carbonyl (C=O) groups is 1. The molecular formula is C14H10FN3O4S. The maximum atomic E-state index is 13.3. The first-order chi connectivity index (χ1) is 10.9. The average molecular weight is 335 g/mol. The van der Waals surface area contributed by atoms with Crippen molar-refractivity contribution >= 4 is 34.4 Å². The topological polar surface area (TPSA) is 96.5 Å². The molecule has 118 valence electrons. The Morgan fingerprint density at radius 2 is 2.22 bits per heavy atom. The predicted molar refractivity (Wildman–Crippen MR) is 81.5 cm³/mol. The van der Waals surface area contributed by atoms with Crippen LogP contribution in [-0.4, -0.2) is 25.1 Å². The third-order valence-corrected chi connectivity index (χ3v) is 4.04. The third-order valence-electron chi connectivity index (χ3n) is 3.09. The molecule has 0 spiro atoms. The molecular weight excluding hydrogens is 325 g/mol. The van der Waals surface area contributed by atoms with Gasteiger partial charge < -0.3 is 9.64 Å². The molecule has 0 saturated carbocycles. The highest BCUT2D eigenvalue weighted by molar-refractivity contribution is 7.12. The van der Waals surface area contributed by atoms with Crippen LogP contribution in [0.4, 0.5) is 21.5 Å². The van der Waals surface area contributed by atoms with Crippen LogP contribution in [-0.2, 0) is 4.74 Å². The lowest BCUT2D eigenvalue weighted by Gasteiger charge is -2.20. The smallest absolute Gasteiger partial charge is 0.350 e. The van der Waals surface area contributed by atoms with Gasteiger partial charge in [-0.3, -0.25) is 10.1 Å². The number of esters is 1. The van der Waals surface area contributed by atoms with E-state index >= 15 is 0 Å². The van der Waals surface area contributed by atoms with Crippen LogP contribution >= 0.6 is 11.3 Å². The summed E-state index contributed by atoms with van der Waals surface area (Å²) in [5.41, 5.74) is -0.0783. The number of nitro groups is 1. The lowest BCUT2D eigenvalue weighted by molar-refractivity contribution is -0.384. The van der Waals surface area contributed by atoms with Crippen molar-refractivity contribution < 1.29 is 18.8 Å². The number of ether oxygens (including phenoxy) is 1. The molecule has 0 aliphatic heterocycles. The van der Waals surface area contributed by atoms with Crippen molar-refractivity contribution in [2.24, 2.45) is 0 Å². The van der Waals surface area contributed by atoms with Crippen molar-refractivity contribution in [3.8, 4) is 6.07 Å². The lowest BCUT2D eigenvalue weighted by Crippen LogP contribution is -2.15. The number of carbonyl (C=O) groups excluding carboxylic acids is 1. The summed E-state index contributed by atoms with van der Waals surface area (Å²) in [6.07, 6.45) is 0. The van der Waals surface area contributed by atoms with Crippen molar-refractivity contribution in [2.75, 3.05) is 19.1 Å². The van der Waals surface area contributed by atoms with Crippen LogP contribution in [0.15, 0.2) is 23.6 Å². The van der Waals surface area contributed by atoms with Gasteiger partial charge in [0.25, 0.3) is 5.69 Å². The average Bonchev–Trinajstić information content (AvgIpc) is 2.97. The van der Waals surface area contributed by atoms with Crippen molar-refractivity contribution in [3.63, 3.8) is 0 Å². The number of thiophene rings is 1. The number of nitro benzene ring substituents is 1. The zero-order valence-electron chi connectivity index (χ0n) is 12.1. The molecule has 0 saturated heterocycles. The number of nitrogens with zero attached hydrogens (tertiary/aromatic N) is 3. The number of anilines is 2. The molecule has 2 aromatic rings. The number of hydrogen-bond acceptors (Lipinski definition) is 7. The minimum absolute atomic E-state index is 0.0523. The second-order valence-electron chi connectivity index (χ2n) is 4.38. The molecule has 0 aliphatic carbocycles. The van der Waals surface area contributed by atoms with Gasteiger partial charge in [-0.25, -0.2) is 9.18 Å². The Balaban J connectivity index is 2.64. The monoisotopic (exact) mass is 335 g/mol. The van der Waals surface area contributed by atoms with Gasteiger partial charge in [0, 0.05) is 12.4 Å². The molecule has 2 rings (SSSR count). The molecule has 0 atom stereocenters. The van der Waals surface area contributed by atoms with Crippen LogP contribution in [0.25, 0.3) is 0 Å². The molecule has 7 nitrogen and oxygen atoms in total. The van der Waals surface area contributed by atoms with E-state index in [4.69, 9.17) is 0 Å². The first kappa shape index (κ1) is 16.4. The highest BCUT2D eigenvalue weighted by Gasteiger charge is 2.27. The van der Waals surface area contributed by atoms with E-state index in [1.165, 1.54) is 30.5 Å². The molecule has 1 aromatic carbocycles. The maximum Gasteiger partial charge on any atom is 0.350 e. The Hall–Kier alpha value is -2.99. The molecule has 0 fully saturated rings. The summed E-state index contributed by atoms with van der Waals surface area (Å²) in [6, 6.07) is 4.98. The van der Waals surface area contributed by atoms with Crippen molar-refractivity contribution in [1.29, 1.82) is 5.26 Å². The Kier molecular flexibility index (Phi) is 4.57. The van der Waals surface area contributed by atoms with Crippen molar-refractivity contribution in [3.05, 3.63) is 50.0 Å². The van der Waals surface area contributed by atoms with Gasteiger partial charge in [-0.2, -0.15) is 5.26 Å². The summed E-state index contributed by atoms with van der Waals surface area (Å²) in [5.74, 6) is -1.42. The first-order valence-corrected chi connectivity index (χ1v) is 7.06. The van der Waals surface area contributed by atoms with E-state index < -0.39 is 22.4 Å². The minimum Gasteiger partial charge on any atom is -0.465 e. The molecule has 1 aromatic heterocycles. The maximum absolute atomic E-state index is 13.3.